The minimum atomic E-state index is -0.892. The van der Waals surface area contributed by atoms with Crippen LogP contribution in [0, 0.1) is 5.92 Å². The van der Waals surface area contributed by atoms with E-state index in [1.807, 2.05) is 18.2 Å². The largest absolute Gasteiger partial charge is 0.386 e. The highest BCUT2D eigenvalue weighted by Crippen LogP contribution is 2.31. The van der Waals surface area contributed by atoms with Gasteiger partial charge in [-0.25, -0.2) is 4.98 Å². The fourth-order valence-electron chi connectivity index (χ4n) is 3.46. The van der Waals surface area contributed by atoms with E-state index < -0.39 is 5.60 Å². The van der Waals surface area contributed by atoms with Crippen LogP contribution in [-0.4, -0.2) is 54.4 Å². The van der Waals surface area contributed by atoms with Crippen molar-refractivity contribution >= 4 is 32.6 Å². The molecule has 2 aliphatic rings. The molecule has 7 heteroatoms. The predicted molar refractivity (Wildman–Crippen MR) is 98.0 cm³/mol. The molecular formula is C18H23N3O3S. The highest BCUT2D eigenvalue weighted by molar-refractivity contribution is 7.22. The minimum absolute atomic E-state index is 0.0107. The summed E-state index contributed by atoms with van der Waals surface area (Å²) in [6.07, 6.45) is 2.22. The molecule has 0 radical (unpaired) electrons. The van der Waals surface area contributed by atoms with E-state index >= 15 is 0 Å². The summed E-state index contributed by atoms with van der Waals surface area (Å²) < 4.78 is 6.41. The molecule has 0 bridgehead atoms. The number of aromatic nitrogens is 1. The first-order valence-electron chi connectivity index (χ1n) is 8.81. The molecule has 2 fully saturated rings. The first-order valence-corrected chi connectivity index (χ1v) is 9.63. The van der Waals surface area contributed by atoms with Crippen molar-refractivity contribution in [2.24, 2.45) is 5.92 Å². The fraction of sp³-hybridized carbons (Fsp3) is 0.556. The number of rotatable bonds is 4. The van der Waals surface area contributed by atoms with Crippen LogP contribution >= 0.6 is 11.3 Å². The Balaban J connectivity index is 1.31. The summed E-state index contributed by atoms with van der Waals surface area (Å²) >= 11 is 1.71. The lowest BCUT2D eigenvalue weighted by Gasteiger charge is -2.31. The van der Waals surface area contributed by atoms with E-state index in [0.717, 1.165) is 36.6 Å². The van der Waals surface area contributed by atoms with Crippen LogP contribution in [0.2, 0.25) is 0 Å². The van der Waals surface area contributed by atoms with Crippen molar-refractivity contribution in [3.63, 3.8) is 0 Å². The van der Waals surface area contributed by atoms with Crippen molar-refractivity contribution in [1.29, 1.82) is 0 Å². The summed E-state index contributed by atoms with van der Waals surface area (Å²) in [7, 11) is 0. The van der Waals surface area contributed by atoms with Crippen molar-refractivity contribution in [2.75, 3.05) is 37.7 Å². The van der Waals surface area contributed by atoms with Crippen LogP contribution in [0.1, 0.15) is 19.3 Å². The summed E-state index contributed by atoms with van der Waals surface area (Å²) in [5.74, 6) is 0.0563. The Bertz CT molecular complexity index is 716. The smallest absolute Gasteiger partial charge is 0.223 e. The van der Waals surface area contributed by atoms with Gasteiger partial charge in [0, 0.05) is 38.6 Å². The second-order valence-electron chi connectivity index (χ2n) is 6.97. The topological polar surface area (TPSA) is 74.7 Å². The van der Waals surface area contributed by atoms with E-state index in [2.05, 4.69) is 16.3 Å². The Kier molecular flexibility index (Phi) is 4.62. The SMILES string of the molecule is O=C(NCC1(O)CCOC1)C1CCN(c2nc3ccccc3s2)CC1. The number of ether oxygens (including phenoxy) is 1. The molecule has 1 aromatic carbocycles. The number of para-hydroxylation sites is 1. The van der Waals surface area contributed by atoms with Gasteiger partial charge < -0.3 is 20.1 Å². The van der Waals surface area contributed by atoms with Crippen LogP contribution in [0.25, 0.3) is 10.2 Å². The summed E-state index contributed by atoms with van der Waals surface area (Å²) in [5, 5.41) is 14.2. The van der Waals surface area contributed by atoms with Crippen LogP contribution in [0.15, 0.2) is 24.3 Å². The number of hydrogen-bond acceptors (Lipinski definition) is 6. The van der Waals surface area contributed by atoms with Gasteiger partial charge in [-0.15, -0.1) is 0 Å². The molecule has 2 aromatic rings. The van der Waals surface area contributed by atoms with Crippen molar-refractivity contribution in [3.8, 4) is 0 Å². The zero-order valence-corrected chi connectivity index (χ0v) is 14.9. The monoisotopic (exact) mass is 361 g/mol. The molecule has 0 saturated carbocycles. The predicted octanol–water partition coefficient (Wildman–Crippen LogP) is 1.78. The van der Waals surface area contributed by atoms with Gasteiger partial charge in [0.1, 0.15) is 5.60 Å². The Morgan fingerprint density at radius 3 is 2.92 bits per heavy atom. The van der Waals surface area contributed by atoms with Gasteiger partial charge in [-0.1, -0.05) is 23.5 Å². The number of carbonyl (C=O) groups excluding carboxylic acids is 1. The maximum absolute atomic E-state index is 12.4. The Morgan fingerprint density at radius 2 is 2.20 bits per heavy atom. The summed E-state index contributed by atoms with van der Waals surface area (Å²) in [6.45, 7) is 2.83. The Morgan fingerprint density at radius 1 is 1.40 bits per heavy atom. The van der Waals surface area contributed by atoms with Gasteiger partial charge >= 0.3 is 0 Å². The van der Waals surface area contributed by atoms with E-state index in [4.69, 9.17) is 9.72 Å². The highest BCUT2D eigenvalue weighted by Gasteiger charge is 2.34. The number of piperidine rings is 1. The number of nitrogens with zero attached hydrogens (tertiary/aromatic N) is 2. The molecule has 1 unspecified atom stereocenters. The molecule has 1 aromatic heterocycles. The van der Waals surface area contributed by atoms with Gasteiger partial charge in [0.2, 0.25) is 5.91 Å². The molecule has 2 aliphatic heterocycles. The third-order valence-corrected chi connectivity index (χ3v) is 6.19. The fourth-order valence-corrected chi connectivity index (χ4v) is 4.48. The van der Waals surface area contributed by atoms with Crippen LogP contribution in [0.3, 0.4) is 0 Å². The summed E-state index contributed by atoms with van der Waals surface area (Å²) in [6, 6.07) is 8.16. The lowest BCUT2D eigenvalue weighted by atomic mass is 9.95. The lowest BCUT2D eigenvalue weighted by Crippen LogP contribution is -2.47. The molecule has 1 amide bonds. The number of nitrogens with one attached hydrogen (secondary N) is 1. The van der Waals surface area contributed by atoms with Gasteiger partial charge in [-0.05, 0) is 25.0 Å². The molecule has 0 aliphatic carbocycles. The van der Waals surface area contributed by atoms with Gasteiger partial charge in [0.15, 0.2) is 5.13 Å². The van der Waals surface area contributed by atoms with E-state index in [0.29, 0.717) is 19.6 Å². The average Bonchev–Trinajstić information content (AvgIpc) is 3.26. The standard InChI is InChI=1S/C18H23N3O3S/c22-16(19-11-18(23)7-10-24-12-18)13-5-8-21(9-6-13)17-20-14-3-1-2-4-15(14)25-17/h1-4,13,23H,5-12H2,(H,19,22). The van der Waals surface area contributed by atoms with Gasteiger partial charge in [-0.2, -0.15) is 0 Å². The molecule has 1 atom stereocenters. The van der Waals surface area contributed by atoms with Gasteiger partial charge in [0.25, 0.3) is 0 Å². The van der Waals surface area contributed by atoms with E-state index in [-0.39, 0.29) is 18.4 Å². The third-order valence-electron chi connectivity index (χ3n) is 5.09. The zero-order valence-electron chi connectivity index (χ0n) is 14.1. The molecule has 25 heavy (non-hydrogen) atoms. The molecule has 4 rings (SSSR count). The number of benzene rings is 1. The highest BCUT2D eigenvalue weighted by atomic mass is 32.1. The van der Waals surface area contributed by atoms with Crippen molar-refractivity contribution in [3.05, 3.63) is 24.3 Å². The average molecular weight is 361 g/mol. The molecule has 6 nitrogen and oxygen atoms in total. The number of thiazole rings is 1. The van der Waals surface area contributed by atoms with Crippen LogP contribution in [0.5, 0.6) is 0 Å². The van der Waals surface area contributed by atoms with E-state index in [1.54, 1.807) is 11.3 Å². The summed E-state index contributed by atoms with van der Waals surface area (Å²) in [4.78, 5) is 19.4. The van der Waals surface area contributed by atoms with E-state index in [9.17, 15) is 9.90 Å². The van der Waals surface area contributed by atoms with Crippen LogP contribution in [-0.2, 0) is 9.53 Å². The van der Waals surface area contributed by atoms with Crippen molar-refractivity contribution in [1.82, 2.24) is 10.3 Å². The zero-order chi connectivity index (χ0) is 17.3. The molecule has 0 spiro atoms. The normalized spacial score (nSPS) is 24.8. The molecule has 3 heterocycles. The number of carbonyl (C=O) groups is 1. The Labute approximate surface area is 150 Å². The van der Waals surface area contributed by atoms with Gasteiger partial charge in [0.05, 0.1) is 16.8 Å². The van der Waals surface area contributed by atoms with Crippen LogP contribution < -0.4 is 10.2 Å². The number of aliphatic hydroxyl groups is 1. The van der Waals surface area contributed by atoms with Crippen molar-refractivity contribution < 1.29 is 14.6 Å². The minimum Gasteiger partial charge on any atom is -0.386 e. The van der Waals surface area contributed by atoms with Crippen LogP contribution in [0.4, 0.5) is 5.13 Å². The number of amides is 1. The van der Waals surface area contributed by atoms with Gasteiger partial charge in [-0.3, -0.25) is 4.79 Å². The molecule has 134 valence electrons. The van der Waals surface area contributed by atoms with Crippen molar-refractivity contribution in [2.45, 2.75) is 24.9 Å². The number of anilines is 1. The molecular weight excluding hydrogens is 338 g/mol. The molecule has 2 saturated heterocycles. The summed E-state index contributed by atoms with van der Waals surface area (Å²) in [5.41, 5.74) is 0.145. The first-order chi connectivity index (χ1) is 12.1. The Hall–Kier alpha value is -1.70. The number of hydrogen-bond donors (Lipinski definition) is 2. The maximum atomic E-state index is 12.4. The second kappa shape index (κ2) is 6.90. The third kappa shape index (κ3) is 3.63. The van der Waals surface area contributed by atoms with E-state index in [1.165, 1.54) is 4.70 Å². The quantitative estimate of drug-likeness (QED) is 0.868. The molecule has 2 N–H and O–H groups in total. The number of fused-ring (bicyclic) bond motifs is 1. The second-order valence-corrected chi connectivity index (χ2v) is 7.98. The maximum Gasteiger partial charge on any atom is 0.223 e. The lowest BCUT2D eigenvalue weighted by molar-refractivity contribution is -0.126. The first kappa shape index (κ1) is 16.8.